The summed E-state index contributed by atoms with van der Waals surface area (Å²) in [5.41, 5.74) is 0. The highest BCUT2D eigenvalue weighted by molar-refractivity contribution is 7.26. The summed E-state index contributed by atoms with van der Waals surface area (Å²) in [5, 5.41) is 0. The van der Waals surface area contributed by atoms with Crippen molar-refractivity contribution < 1.29 is 20.0 Å². The molecule has 1 unspecified atom stereocenters. The van der Waals surface area contributed by atoms with Gasteiger partial charge in [0.1, 0.15) is 0 Å². The van der Waals surface area contributed by atoms with Gasteiger partial charge >= 0.3 is 0 Å². The second kappa shape index (κ2) is 37.0. The van der Waals surface area contributed by atoms with Crippen molar-refractivity contribution in [3.05, 3.63) is 12.2 Å². The molecule has 0 aromatic heterocycles. The summed E-state index contributed by atoms with van der Waals surface area (Å²) in [6.07, 6.45) is 33.7. The SMILES string of the molecule is CCC.CCCCCCCC/C=C\CCCCCCCCCCCCOPOC1CCN(CC)CC1.O.O. The summed E-state index contributed by atoms with van der Waals surface area (Å²) in [6.45, 7) is 13.2. The number of allylic oxidation sites excluding steroid dienone is 2. The summed E-state index contributed by atoms with van der Waals surface area (Å²) in [4.78, 5) is 2.50. The molecule has 0 spiro atoms. The molecule has 232 valence electrons. The lowest BCUT2D eigenvalue weighted by Gasteiger charge is -2.30. The van der Waals surface area contributed by atoms with Gasteiger partial charge in [0.15, 0.2) is 9.03 Å². The van der Waals surface area contributed by atoms with Gasteiger partial charge in [-0.2, -0.15) is 0 Å². The quantitative estimate of drug-likeness (QED) is 0.0666. The van der Waals surface area contributed by atoms with Crippen molar-refractivity contribution >= 4 is 9.03 Å². The van der Waals surface area contributed by atoms with Gasteiger partial charge in [-0.25, -0.2) is 0 Å². The van der Waals surface area contributed by atoms with Crippen molar-refractivity contribution in [3.8, 4) is 0 Å². The summed E-state index contributed by atoms with van der Waals surface area (Å²) in [6, 6.07) is 0. The van der Waals surface area contributed by atoms with Gasteiger partial charge in [0.25, 0.3) is 0 Å². The average Bonchev–Trinajstić information content (AvgIpc) is 2.90. The predicted octanol–water partition coefficient (Wildman–Crippen LogP) is 9.38. The van der Waals surface area contributed by atoms with Crippen LogP contribution in [0.25, 0.3) is 0 Å². The molecule has 0 radical (unpaired) electrons. The van der Waals surface area contributed by atoms with Crippen LogP contribution in [0.5, 0.6) is 0 Å². The lowest BCUT2D eigenvalue weighted by molar-refractivity contribution is 0.103. The van der Waals surface area contributed by atoms with E-state index < -0.39 is 0 Å². The van der Waals surface area contributed by atoms with Crippen LogP contribution in [0.2, 0.25) is 0 Å². The first-order valence-corrected chi connectivity index (χ1v) is 17.0. The standard InChI is InChI=1S/C29H58NO2P.C3H8.2H2O/c1-3-5-6-7-8-9-10-11-12-13-14-15-16-17-18-19-20-21-22-23-28-31-33-32-29-24-26-30(4-2)27-25-29;1-3-2;;/h11-12,29,33H,3-10,13-28H2,1-2H3;3H2,1-2H3;2*1H2/b12-11-;;;. The van der Waals surface area contributed by atoms with Crippen LogP contribution in [0.3, 0.4) is 0 Å². The zero-order chi connectivity index (χ0) is 26.4. The summed E-state index contributed by atoms with van der Waals surface area (Å²) < 4.78 is 11.6. The summed E-state index contributed by atoms with van der Waals surface area (Å²) in [5.74, 6) is 0. The largest absolute Gasteiger partial charge is 0.412 e. The third-order valence-electron chi connectivity index (χ3n) is 7.01. The molecule has 0 saturated carbocycles. The highest BCUT2D eigenvalue weighted by Gasteiger charge is 2.18. The van der Waals surface area contributed by atoms with Crippen LogP contribution in [-0.2, 0) is 9.05 Å². The van der Waals surface area contributed by atoms with Crippen molar-refractivity contribution in [2.24, 2.45) is 0 Å². The van der Waals surface area contributed by atoms with Crippen LogP contribution in [-0.4, -0.2) is 48.2 Å². The topological polar surface area (TPSA) is 84.7 Å². The van der Waals surface area contributed by atoms with E-state index in [-0.39, 0.29) is 20.0 Å². The summed E-state index contributed by atoms with van der Waals surface area (Å²) in [7, 11) is 0.244. The lowest BCUT2D eigenvalue weighted by Crippen LogP contribution is -2.35. The third-order valence-corrected chi connectivity index (χ3v) is 7.77. The summed E-state index contributed by atoms with van der Waals surface area (Å²) >= 11 is 0. The fourth-order valence-corrected chi connectivity index (χ4v) is 5.28. The molecule has 38 heavy (non-hydrogen) atoms. The Labute approximate surface area is 240 Å². The van der Waals surface area contributed by atoms with Crippen LogP contribution in [0.15, 0.2) is 12.2 Å². The van der Waals surface area contributed by atoms with E-state index in [0.717, 1.165) is 6.61 Å². The molecule has 1 saturated heterocycles. The molecule has 1 aliphatic heterocycles. The maximum absolute atomic E-state index is 5.89. The molecule has 0 aliphatic carbocycles. The highest BCUT2D eigenvalue weighted by Crippen LogP contribution is 2.24. The zero-order valence-corrected chi connectivity index (χ0v) is 27.2. The van der Waals surface area contributed by atoms with Gasteiger partial charge in [0.2, 0.25) is 0 Å². The monoisotopic (exact) mass is 564 g/mol. The van der Waals surface area contributed by atoms with E-state index >= 15 is 0 Å². The van der Waals surface area contributed by atoms with Crippen molar-refractivity contribution in [1.82, 2.24) is 4.90 Å². The molecule has 1 rings (SSSR count). The predicted molar refractivity (Wildman–Crippen MR) is 172 cm³/mol. The number of rotatable bonds is 24. The number of hydrogen-bond acceptors (Lipinski definition) is 3. The Hall–Kier alpha value is -0.0300. The van der Waals surface area contributed by atoms with Crippen molar-refractivity contribution in [2.45, 2.75) is 169 Å². The van der Waals surface area contributed by atoms with E-state index in [4.69, 9.17) is 9.05 Å². The maximum atomic E-state index is 5.89. The van der Waals surface area contributed by atoms with Crippen molar-refractivity contribution in [3.63, 3.8) is 0 Å². The molecule has 1 heterocycles. The Morgan fingerprint density at radius 1 is 0.632 bits per heavy atom. The Balaban J connectivity index is -0.00000233. The maximum Gasteiger partial charge on any atom is 0.155 e. The fourth-order valence-electron chi connectivity index (χ4n) is 4.62. The Morgan fingerprint density at radius 2 is 1.05 bits per heavy atom. The molecule has 0 aromatic rings. The van der Waals surface area contributed by atoms with Gasteiger partial charge < -0.3 is 24.9 Å². The minimum Gasteiger partial charge on any atom is -0.412 e. The molecule has 0 amide bonds. The molecular weight excluding hydrogens is 493 g/mol. The number of piperidine rings is 1. The van der Waals surface area contributed by atoms with Crippen LogP contribution < -0.4 is 0 Å². The van der Waals surface area contributed by atoms with Gasteiger partial charge in [0.05, 0.1) is 12.7 Å². The molecule has 1 aliphatic rings. The molecule has 5 nitrogen and oxygen atoms in total. The molecule has 1 fully saturated rings. The minimum absolute atomic E-state index is 0. The molecule has 0 bridgehead atoms. The lowest BCUT2D eigenvalue weighted by atomic mass is 10.1. The van der Waals surface area contributed by atoms with Gasteiger partial charge in [0, 0.05) is 13.1 Å². The van der Waals surface area contributed by atoms with Gasteiger partial charge in [-0.15, -0.1) is 0 Å². The molecule has 6 heteroatoms. The number of hydrogen-bond donors (Lipinski definition) is 0. The minimum atomic E-state index is 0. The van der Waals surface area contributed by atoms with E-state index in [0.29, 0.717) is 6.10 Å². The number of unbranched alkanes of at least 4 members (excludes halogenated alkanes) is 16. The van der Waals surface area contributed by atoms with Crippen molar-refractivity contribution in [2.75, 3.05) is 26.2 Å². The first-order chi connectivity index (χ1) is 17.8. The van der Waals surface area contributed by atoms with Crippen LogP contribution in [0.4, 0.5) is 0 Å². The smallest absolute Gasteiger partial charge is 0.155 e. The van der Waals surface area contributed by atoms with E-state index in [1.165, 1.54) is 154 Å². The normalized spacial score (nSPS) is 14.4. The Bertz CT molecular complexity index is 432. The van der Waals surface area contributed by atoms with E-state index in [1.807, 2.05) is 0 Å². The highest BCUT2D eigenvalue weighted by atomic mass is 31.1. The Kier molecular flexibility index (Phi) is 41.3. The average molecular weight is 564 g/mol. The van der Waals surface area contributed by atoms with Gasteiger partial charge in [-0.1, -0.05) is 130 Å². The molecule has 1 atom stereocenters. The number of nitrogens with zero attached hydrogens (tertiary/aromatic N) is 1. The van der Waals surface area contributed by atoms with Gasteiger partial charge in [-0.3, -0.25) is 0 Å². The number of likely N-dealkylation sites (tertiary alicyclic amines) is 1. The van der Waals surface area contributed by atoms with E-state index in [2.05, 4.69) is 44.7 Å². The van der Waals surface area contributed by atoms with E-state index in [1.54, 1.807) is 0 Å². The van der Waals surface area contributed by atoms with E-state index in [9.17, 15) is 0 Å². The second-order valence-corrected chi connectivity index (χ2v) is 11.4. The van der Waals surface area contributed by atoms with Gasteiger partial charge in [-0.05, 0) is 51.5 Å². The van der Waals surface area contributed by atoms with Crippen molar-refractivity contribution in [1.29, 1.82) is 0 Å². The molecular formula is C32H70NO4P. The van der Waals surface area contributed by atoms with Crippen LogP contribution in [0.1, 0.15) is 163 Å². The third kappa shape index (κ3) is 32.2. The fraction of sp³-hybridized carbons (Fsp3) is 0.938. The second-order valence-electron chi connectivity index (χ2n) is 10.7. The Morgan fingerprint density at radius 3 is 1.50 bits per heavy atom. The molecule has 0 aromatic carbocycles. The molecule has 4 N–H and O–H groups in total. The zero-order valence-electron chi connectivity index (χ0n) is 26.2. The first kappa shape index (κ1) is 42.4. The van der Waals surface area contributed by atoms with Crippen LogP contribution in [0, 0.1) is 0 Å². The van der Waals surface area contributed by atoms with Crippen LogP contribution >= 0.6 is 9.03 Å². The first-order valence-electron chi connectivity index (χ1n) is 16.2.